The molecule has 0 saturated carbocycles. The van der Waals surface area contributed by atoms with Crippen molar-refractivity contribution in [3.8, 4) is 6.07 Å². The Balaban J connectivity index is 2.07. The highest BCUT2D eigenvalue weighted by atomic mass is 35.5. The zero-order valence-corrected chi connectivity index (χ0v) is 14.2. The van der Waals surface area contributed by atoms with E-state index in [1.807, 2.05) is 0 Å². The normalized spacial score (nSPS) is 10.0. The zero-order chi connectivity index (χ0) is 18.4. The Morgan fingerprint density at radius 1 is 1.24 bits per heavy atom. The third-order valence-electron chi connectivity index (χ3n) is 3.46. The molecule has 7 heteroatoms. The fraction of sp³-hybridized carbons (Fsp3) is 0.167. The first-order valence-electron chi connectivity index (χ1n) is 7.37. The molecule has 2 rings (SSSR count). The maximum Gasteiger partial charge on any atom is 0.253 e. The van der Waals surface area contributed by atoms with Gasteiger partial charge in [-0.25, -0.2) is 4.39 Å². The molecule has 0 aliphatic rings. The minimum absolute atomic E-state index is 0.0327. The van der Waals surface area contributed by atoms with Crippen molar-refractivity contribution >= 4 is 29.1 Å². The summed E-state index contributed by atoms with van der Waals surface area (Å²) >= 11 is 5.98. The molecule has 0 fully saturated rings. The molecule has 0 aliphatic carbocycles. The molecule has 128 valence electrons. The van der Waals surface area contributed by atoms with Gasteiger partial charge >= 0.3 is 0 Å². The smallest absolute Gasteiger partial charge is 0.253 e. The summed E-state index contributed by atoms with van der Waals surface area (Å²) in [7, 11) is 1.55. The number of hydrogen-bond acceptors (Lipinski definition) is 3. The SMILES string of the molecule is CN(Cc1c(F)cccc1Cl)C(=O)c1ccc(NC(=O)CC#N)cc1. The highest BCUT2D eigenvalue weighted by Gasteiger charge is 2.16. The van der Waals surface area contributed by atoms with E-state index in [-0.39, 0.29) is 29.5 Å². The Hall–Kier alpha value is -2.91. The van der Waals surface area contributed by atoms with Crippen molar-refractivity contribution in [1.29, 1.82) is 5.26 Å². The summed E-state index contributed by atoms with van der Waals surface area (Å²) < 4.78 is 13.8. The first-order valence-corrected chi connectivity index (χ1v) is 7.75. The second kappa shape index (κ2) is 8.27. The van der Waals surface area contributed by atoms with Crippen LogP contribution in [0, 0.1) is 17.1 Å². The molecule has 0 radical (unpaired) electrons. The van der Waals surface area contributed by atoms with Crippen molar-refractivity contribution in [2.45, 2.75) is 13.0 Å². The summed E-state index contributed by atoms with van der Waals surface area (Å²) in [5.41, 5.74) is 1.12. The van der Waals surface area contributed by atoms with Crippen LogP contribution in [0.1, 0.15) is 22.3 Å². The van der Waals surface area contributed by atoms with Gasteiger partial charge < -0.3 is 10.2 Å². The molecule has 2 aromatic carbocycles. The van der Waals surface area contributed by atoms with Crippen LogP contribution in [-0.4, -0.2) is 23.8 Å². The van der Waals surface area contributed by atoms with Crippen molar-refractivity contribution in [2.75, 3.05) is 12.4 Å². The number of halogens is 2. The summed E-state index contributed by atoms with van der Waals surface area (Å²) in [6, 6.07) is 12.3. The second-order valence-electron chi connectivity index (χ2n) is 5.32. The van der Waals surface area contributed by atoms with Crippen LogP contribution in [-0.2, 0) is 11.3 Å². The molecular formula is C18H15ClFN3O2. The van der Waals surface area contributed by atoms with Gasteiger partial charge in [0.25, 0.3) is 5.91 Å². The van der Waals surface area contributed by atoms with E-state index in [0.29, 0.717) is 11.3 Å². The lowest BCUT2D eigenvalue weighted by Gasteiger charge is -2.18. The molecule has 0 aromatic heterocycles. The predicted molar refractivity (Wildman–Crippen MR) is 92.5 cm³/mol. The fourth-order valence-electron chi connectivity index (χ4n) is 2.19. The third kappa shape index (κ3) is 4.78. The van der Waals surface area contributed by atoms with Crippen LogP contribution in [0.25, 0.3) is 0 Å². The number of benzene rings is 2. The number of carbonyl (C=O) groups excluding carboxylic acids is 2. The van der Waals surface area contributed by atoms with Crippen LogP contribution in [0.5, 0.6) is 0 Å². The number of amides is 2. The topological polar surface area (TPSA) is 73.2 Å². The highest BCUT2D eigenvalue weighted by molar-refractivity contribution is 6.31. The van der Waals surface area contributed by atoms with Gasteiger partial charge in [-0.3, -0.25) is 9.59 Å². The highest BCUT2D eigenvalue weighted by Crippen LogP contribution is 2.21. The van der Waals surface area contributed by atoms with Crippen LogP contribution in [0.2, 0.25) is 5.02 Å². The Labute approximate surface area is 149 Å². The molecule has 0 atom stereocenters. The van der Waals surface area contributed by atoms with Gasteiger partial charge in [-0.1, -0.05) is 17.7 Å². The second-order valence-corrected chi connectivity index (χ2v) is 5.73. The van der Waals surface area contributed by atoms with Crippen LogP contribution in [0.15, 0.2) is 42.5 Å². The van der Waals surface area contributed by atoms with Crippen molar-refractivity contribution in [2.24, 2.45) is 0 Å². The van der Waals surface area contributed by atoms with Crippen molar-refractivity contribution < 1.29 is 14.0 Å². The quantitative estimate of drug-likeness (QED) is 0.886. The van der Waals surface area contributed by atoms with Gasteiger partial charge in [0.2, 0.25) is 5.91 Å². The van der Waals surface area contributed by atoms with Gasteiger partial charge in [-0.2, -0.15) is 5.26 Å². The fourth-order valence-corrected chi connectivity index (χ4v) is 2.41. The maximum absolute atomic E-state index is 13.8. The molecular weight excluding hydrogens is 345 g/mol. The van der Waals surface area contributed by atoms with E-state index >= 15 is 0 Å². The van der Waals surface area contributed by atoms with Gasteiger partial charge in [-0.05, 0) is 36.4 Å². The average Bonchev–Trinajstić information content (AvgIpc) is 2.58. The molecule has 0 bridgehead atoms. The van der Waals surface area contributed by atoms with Gasteiger partial charge in [0.1, 0.15) is 12.2 Å². The predicted octanol–water partition coefficient (Wildman–Crippen LogP) is 3.60. The number of anilines is 1. The molecule has 2 amide bonds. The third-order valence-corrected chi connectivity index (χ3v) is 3.81. The van der Waals surface area contributed by atoms with Crippen molar-refractivity contribution in [3.05, 3.63) is 64.4 Å². The first kappa shape index (κ1) is 18.4. The molecule has 1 N–H and O–H groups in total. The van der Waals surface area contributed by atoms with Gasteiger partial charge in [-0.15, -0.1) is 0 Å². The number of nitrogens with zero attached hydrogens (tertiary/aromatic N) is 2. The van der Waals surface area contributed by atoms with Crippen LogP contribution in [0.3, 0.4) is 0 Å². The molecule has 25 heavy (non-hydrogen) atoms. The van der Waals surface area contributed by atoms with Gasteiger partial charge in [0.05, 0.1) is 6.07 Å². The van der Waals surface area contributed by atoms with E-state index < -0.39 is 11.7 Å². The number of nitriles is 1. The van der Waals surface area contributed by atoms with E-state index in [0.717, 1.165) is 0 Å². The van der Waals surface area contributed by atoms with E-state index in [9.17, 15) is 14.0 Å². The van der Waals surface area contributed by atoms with E-state index in [2.05, 4.69) is 5.32 Å². The van der Waals surface area contributed by atoms with Gasteiger partial charge in [0.15, 0.2) is 0 Å². The maximum atomic E-state index is 13.8. The summed E-state index contributed by atoms with van der Waals surface area (Å²) in [5.74, 6) is -1.20. The lowest BCUT2D eigenvalue weighted by molar-refractivity contribution is -0.115. The molecule has 0 saturated heterocycles. The average molecular weight is 360 g/mol. The molecule has 2 aromatic rings. The summed E-state index contributed by atoms with van der Waals surface area (Å²) in [5, 5.41) is 11.3. The standard InChI is InChI=1S/C18H15ClFN3O2/c1-23(11-14-15(19)3-2-4-16(14)20)18(25)12-5-7-13(8-6-12)22-17(24)9-10-21/h2-8H,9,11H2,1H3,(H,22,24). The van der Waals surface area contributed by atoms with Crippen molar-refractivity contribution in [3.63, 3.8) is 0 Å². The Morgan fingerprint density at radius 2 is 1.92 bits per heavy atom. The molecule has 0 heterocycles. The number of carbonyl (C=O) groups is 2. The largest absolute Gasteiger partial charge is 0.337 e. The molecule has 5 nitrogen and oxygen atoms in total. The minimum Gasteiger partial charge on any atom is -0.337 e. The number of nitrogens with one attached hydrogen (secondary N) is 1. The van der Waals surface area contributed by atoms with Crippen LogP contribution >= 0.6 is 11.6 Å². The molecule has 0 spiro atoms. The van der Waals surface area contributed by atoms with Crippen molar-refractivity contribution in [1.82, 2.24) is 4.90 Å². The summed E-state index contributed by atoms with van der Waals surface area (Å²) in [4.78, 5) is 25.1. The Bertz CT molecular complexity index is 811. The lowest BCUT2D eigenvalue weighted by atomic mass is 10.1. The summed E-state index contributed by atoms with van der Waals surface area (Å²) in [6.45, 7) is 0.0327. The van der Waals surface area contributed by atoms with E-state index in [4.69, 9.17) is 16.9 Å². The molecule has 0 aliphatic heterocycles. The summed E-state index contributed by atoms with van der Waals surface area (Å²) in [6.07, 6.45) is -0.243. The monoisotopic (exact) mass is 359 g/mol. The molecule has 0 unspecified atom stereocenters. The van der Waals surface area contributed by atoms with E-state index in [1.165, 1.54) is 17.0 Å². The van der Waals surface area contributed by atoms with Gasteiger partial charge in [0, 0.05) is 35.4 Å². The first-order chi connectivity index (χ1) is 11.9. The lowest BCUT2D eigenvalue weighted by Crippen LogP contribution is -2.26. The van der Waals surface area contributed by atoms with Crippen LogP contribution in [0.4, 0.5) is 10.1 Å². The Morgan fingerprint density at radius 3 is 2.52 bits per heavy atom. The zero-order valence-electron chi connectivity index (χ0n) is 13.4. The number of hydrogen-bond donors (Lipinski definition) is 1. The number of rotatable bonds is 5. The Kier molecular flexibility index (Phi) is 6.09. The van der Waals surface area contributed by atoms with Crippen LogP contribution < -0.4 is 5.32 Å². The minimum atomic E-state index is -0.470. The van der Waals surface area contributed by atoms with E-state index in [1.54, 1.807) is 43.4 Å².